The highest BCUT2D eigenvalue weighted by molar-refractivity contribution is 5.97. The molecule has 6 heteroatoms. The predicted molar refractivity (Wildman–Crippen MR) is 107 cm³/mol. The molecule has 0 spiro atoms. The summed E-state index contributed by atoms with van der Waals surface area (Å²) in [6, 6.07) is 5.71. The summed E-state index contributed by atoms with van der Waals surface area (Å²) < 4.78 is 1.84. The van der Waals surface area contributed by atoms with E-state index in [0.29, 0.717) is 37.9 Å². The van der Waals surface area contributed by atoms with Gasteiger partial charge < -0.3 is 19.5 Å². The van der Waals surface area contributed by atoms with Crippen LogP contribution in [0, 0.1) is 6.92 Å². The molecule has 1 fully saturated rings. The number of aryl methyl sites for hydroxylation is 2. The smallest absolute Gasteiger partial charge is 0.259 e. The molecule has 1 aliphatic heterocycles. The van der Waals surface area contributed by atoms with Crippen molar-refractivity contribution in [2.24, 2.45) is 7.05 Å². The Balaban J connectivity index is 1.90. The number of benzene rings is 1. The van der Waals surface area contributed by atoms with Crippen LogP contribution in [0.2, 0.25) is 0 Å². The van der Waals surface area contributed by atoms with Crippen LogP contribution in [0.25, 0.3) is 10.9 Å². The Morgan fingerprint density at radius 3 is 2.70 bits per heavy atom. The number of rotatable bonds is 3. The molecule has 1 aromatic carbocycles. The van der Waals surface area contributed by atoms with Crippen LogP contribution < -0.4 is 5.43 Å². The Kier molecular flexibility index (Phi) is 5.40. The van der Waals surface area contributed by atoms with Crippen LogP contribution in [-0.2, 0) is 7.05 Å². The fourth-order valence-electron chi connectivity index (χ4n) is 4.06. The molecule has 1 N–H and O–H groups in total. The molecule has 1 saturated heterocycles. The normalized spacial score (nSPS) is 20.9. The van der Waals surface area contributed by atoms with Crippen molar-refractivity contribution in [2.75, 3.05) is 33.7 Å². The second-order valence-corrected chi connectivity index (χ2v) is 8.11. The van der Waals surface area contributed by atoms with Crippen molar-refractivity contribution in [1.29, 1.82) is 0 Å². The summed E-state index contributed by atoms with van der Waals surface area (Å²) in [4.78, 5) is 29.8. The number of likely N-dealkylation sites (N-methyl/N-ethyl adjacent to an activating group) is 1. The van der Waals surface area contributed by atoms with Gasteiger partial charge in [0, 0.05) is 38.3 Å². The van der Waals surface area contributed by atoms with Gasteiger partial charge in [0.05, 0.1) is 11.1 Å². The van der Waals surface area contributed by atoms with Crippen LogP contribution in [0.4, 0.5) is 0 Å². The van der Waals surface area contributed by atoms with E-state index in [1.807, 2.05) is 55.7 Å². The average Bonchev–Trinajstić information content (AvgIpc) is 2.78. The molecule has 27 heavy (non-hydrogen) atoms. The Morgan fingerprint density at radius 2 is 2.00 bits per heavy atom. The first-order chi connectivity index (χ1) is 12.7. The van der Waals surface area contributed by atoms with Crippen molar-refractivity contribution in [3.05, 3.63) is 45.7 Å². The van der Waals surface area contributed by atoms with Gasteiger partial charge in [0.2, 0.25) is 5.43 Å². The highest BCUT2D eigenvalue weighted by atomic mass is 16.3. The lowest BCUT2D eigenvalue weighted by atomic mass is 9.94. The molecule has 0 aliphatic carbocycles. The number of likely N-dealkylation sites (tertiary alicyclic amines) is 1. The minimum atomic E-state index is -0.788. The third-order valence-electron chi connectivity index (χ3n) is 5.39. The Hall–Kier alpha value is -2.18. The molecule has 1 atom stereocenters. The standard InChI is InChI=1S/C21H29N3O3/c1-15-6-7-18-16(12-15)19(25)17(13-23(18)4)20(26)24-10-5-8-21(27,9-11-24)14-22(2)3/h6-7,12-13,27H,5,8-11,14H2,1-4H3/t21-/m1/s1. The minimum absolute atomic E-state index is 0.202. The van der Waals surface area contributed by atoms with Crippen molar-refractivity contribution in [3.8, 4) is 0 Å². The summed E-state index contributed by atoms with van der Waals surface area (Å²) in [6.45, 7) is 3.53. The Morgan fingerprint density at radius 1 is 1.26 bits per heavy atom. The quantitative estimate of drug-likeness (QED) is 0.893. The van der Waals surface area contributed by atoms with Crippen LogP contribution in [0.5, 0.6) is 0 Å². The third kappa shape index (κ3) is 4.06. The van der Waals surface area contributed by atoms with Crippen LogP contribution in [0.3, 0.4) is 0 Å². The fraction of sp³-hybridized carbons (Fsp3) is 0.524. The summed E-state index contributed by atoms with van der Waals surface area (Å²) in [5, 5.41) is 11.4. The molecule has 146 valence electrons. The molecule has 1 amide bonds. The van der Waals surface area contributed by atoms with Gasteiger partial charge in [0.1, 0.15) is 5.56 Å². The first-order valence-corrected chi connectivity index (χ1v) is 9.46. The maximum absolute atomic E-state index is 13.1. The van der Waals surface area contributed by atoms with Crippen molar-refractivity contribution < 1.29 is 9.90 Å². The van der Waals surface area contributed by atoms with Gasteiger partial charge in [-0.15, -0.1) is 0 Å². The number of nitrogens with zero attached hydrogens (tertiary/aromatic N) is 3. The maximum Gasteiger partial charge on any atom is 0.259 e. The van der Waals surface area contributed by atoms with Crippen LogP contribution in [0.1, 0.15) is 35.2 Å². The van der Waals surface area contributed by atoms with Gasteiger partial charge in [-0.2, -0.15) is 0 Å². The molecule has 6 nitrogen and oxygen atoms in total. The SMILES string of the molecule is Cc1ccc2c(c1)c(=O)c(C(=O)N1CCC[C@](O)(CN(C)C)CC1)cn2C. The number of amides is 1. The topological polar surface area (TPSA) is 65.8 Å². The van der Waals surface area contributed by atoms with Crippen LogP contribution >= 0.6 is 0 Å². The van der Waals surface area contributed by atoms with Gasteiger partial charge >= 0.3 is 0 Å². The van der Waals surface area contributed by atoms with E-state index in [4.69, 9.17) is 0 Å². The summed E-state index contributed by atoms with van der Waals surface area (Å²) in [5.41, 5.74) is 1.01. The van der Waals surface area contributed by atoms with Gasteiger partial charge in [-0.25, -0.2) is 0 Å². The van der Waals surface area contributed by atoms with E-state index < -0.39 is 5.60 Å². The summed E-state index contributed by atoms with van der Waals surface area (Å²) in [5.74, 6) is -0.242. The molecule has 2 aromatic rings. The van der Waals surface area contributed by atoms with E-state index in [1.165, 1.54) is 0 Å². The molecule has 2 heterocycles. The zero-order valence-electron chi connectivity index (χ0n) is 16.7. The number of carbonyl (C=O) groups excluding carboxylic acids is 1. The van der Waals surface area contributed by atoms with E-state index in [1.54, 1.807) is 11.1 Å². The molecule has 3 rings (SSSR count). The molecule has 0 saturated carbocycles. The molecule has 1 aliphatic rings. The van der Waals surface area contributed by atoms with Gasteiger partial charge in [0.25, 0.3) is 5.91 Å². The van der Waals surface area contributed by atoms with Crippen molar-refractivity contribution in [1.82, 2.24) is 14.4 Å². The fourth-order valence-corrected chi connectivity index (χ4v) is 4.06. The van der Waals surface area contributed by atoms with Gasteiger partial charge in [-0.05, 0) is 52.4 Å². The van der Waals surface area contributed by atoms with E-state index in [0.717, 1.165) is 17.5 Å². The molecule has 0 unspecified atom stereocenters. The lowest BCUT2D eigenvalue weighted by molar-refractivity contribution is 0.00304. The largest absolute Gasteiger partial charge is 0.388 e. The van der Waals surface area contributed by atoms with Crippen molar-refractivity contribution >= 4 is 16.8 Å². The second kappa shape index (κ2) is 7.44. The number of fused-ring (bicyclic) bond motifs is 1. The highest BCUT2D eigenvalue weighted by Gasteiger charge is 2.32. The van der Waals surface area contributed by atoms with E-state index in [2.05, 4.69) is 0 Å². The minimum Gasteiger partial charge on any atom is -0.388 e. The zero-order chi connectivity index (χ0) is 19.8. The maximum atomic E-state index is 13.1. The van der Waals surface area contributed by atoms with Gasteiger partial charge in [-0.3, -0.25) is 9.59 Å². The van der Waals surface area contributed by atoms with E-state index >= 15 is 0 Å². The zero-order valence-corrected chi connectivity index (χ0v) is 16.7. The third-order valence-corrected chi connectivity index (χ3v) is 5.39. The monoisotopic (exact) mass is 371 g/mol. The predicted octanol–water partition coefficient (Wildman–Crippen LogP) is 1.77. The van der Waals surface area contributed by atoms with E-state index in [9.17, 15) is 14.7 Å². The number of hydrogen-bond donors (Lipinski definition) is 1. The molecular weight excluding hydrogens is 342 g/mol. The molecule has 0 radical (unpaired) electrons. The van der Waals surface area contributed by atoms with Crippen LogP contribution in [0.15, 0.2) is 29.2 Å². The summed E-state index contributed by atoms with van der Waals surface area (Å²) in [6.07, 6.45) is 3.54. The van der Waals surface area contributed by atoms with Crippen molar-refractivity contribution in [2.45, 2.75) is 31.8 Å². The number of aliphatic hydroxyl groups is 1. The first kappa shape index (κ1) is 19.6. The van der Waals surface area contributed by atoms with E-state index in [-0.39, 0.29) is 16.9 Å². The summed E-state index contributed by atoms with van der Waals surface area (Å²) in [7, 11) is 5.73. The molecular formula is C21H29N3O3. The molecule has 1 aromatic heterocycles. The lowest BCUT2D eigenvalue weighted by Gasteiger charge is -2.30. The lowest BCUT2D eigenvalue weighted by Crippen LogP contribution is -2.41. The highest BCUT2D eigenvalue weighted by Crippen LogP contribution is 2.24. The van der Waals surface area contributed by atoms with Gasteiger partial charge in [0.15, 0.2) is 0 Å². The average molecular weight is 371 g/mol. The number of pyridine rings is 1. The Labute approximate surface area is 160 Å². The van der Waals surface area contributed by atoms with Crippen LogP contribution in [-0.4, -0.2) is 64.7 Å². The molecule has 0 bridgehead atoms. The number of hydrogen-bond acceptors (Lipinski definition) is 4. The second-order valence-electron chi connectivity index (χ2n) is 8.11. The van der Waals surface area contributed by atoms with Gasteiger partial charge in [-0.1, -0.05) is 11.6 Å². The Bertz CT molecular complexity index is 919. The number of aromatic nitrogens is 1. The van der Waals surface area contributed by atoms with Crippen molar-refractivity contribution in [3.63, 3.8) is 0 Å². The summed E-state index contributed by atoms with van der Waals surface area (Å²) >= 11 is 0. The number of carbonyl (C=O) groups is 1. The first-order valence-electron chi connectivity index (χ1n) is 9.46.